The zero-order valence-corrected chi connectivity index (χ0v) is 16.5. The minimum atomic E-state index is -0.120. The zero-order chi connectivity index (χ0) is 19.8. The van der Waals surface area contributed by atoms with Crippen LogP contribution in [0.2, 0.25) is 0 Å². The number of nitrogens with one attached hydrogen (secondary N) is 1. The molecule has 0 unspecified atom stereocenters. The SMILES string of the molecule is Cc1ccc(C(=O)Nc2cc(-c3nc4cc(C)ccc4o3)ccc2C)c(C)c1. The molecule has 0 aliphatic rings. The maximum absolute atomic E-state index is 12.8. The van der Waals surface area contributed by atoms with E-state index in [1.54, 1.807) is 0 Å². The van der Waals surface area contributed by atoms with Gasteiger partial charge >= 0.3 is 0 Å². The standard InChI is InChI=1S/C24H22N2O2/c1-14-5-9-19(17(4)11-14)23(27)25-20-13-18(8-7-16(20)3)24-26-21-12-15(2)6-10-22(21)28-24/h5-13H,1-4H3,(H,25,27). The van der Waals surface area contributed by atoms with Crippen LogP contribution < -0.4 is 5.32 Å². The second-order valence-corrected chi connectivity index (χ2v) is 7.29. The number of oxazole rings is 1. The topological polar surface area (TPSA) is 55.1 Å². The molecule has 1 aromatic heterocycles. The highest BCUT2D eigenvalue weighted by atomic mass is 16.3. The second kappa shape index (κ2) is 6.97. The highest BCUT2D eigenvalue weighted by Crippen LogP contribution is 2.28. The second-order valence-electron chi connectivity index (χ2n) is 7.29. The molecule has 0 bridgehead atoms. The monoisotopic (exact) mass is 370 g/mol. The minimum Gasteiger partial charge on any atom is -0.436 e. The van der Waals surface area contributed by atoms with Crippen LogP contribution in [0, 0.1) is 27.7 Å². The molecule has 4 aromatic rings. The Morgan fingerprint density at radius 3 is 2.39 bits per heavy atom. The van der Waals surface area contributed by atoms with E-state index in [-0.39, 0.29) is 5.91 Å². The highest BCUT2D eigenvalue weighted by Gasteiger charge is 2.14. The van der Waals surface area contributed by atoms with Crippen molar-refractivity contribution in [3.8, 4) is 11.5 Å². The number of carbonyl (C=O) groups is 1. The summed E-state index contributed by atoms with van der Waals surface area (Å²) >= 11 is 0. The molecule has 140 valence electrons. The van der Waals surface area contributed by atoms with Crippen LogP contribution in [0.25, 0.3) is 22.6 Å². The van der Waals surface area contributed by atoms with Crippen molar-refractivity contribution in [1.29, 1.82) is 0 Å². The normalized spacial score (nSPS) is 11.0. The van der Waals surface area contributed by atoms with Gasteiger partial charge in [-0.25, -0.2) is 4.98 Å². The number of anilines is 1. The predicted molar refractivity (Wildman–Crippen MR) is 113 cm³/mol. The van der Waals surface area contributed by atoms with Crippen molar-refractivity contribution in [3.63, 3.8) is 0 Å². The van der Waals surface area contributed by atoms with E-state index in [1.807, 2.05) is 82.3 Å². The third-order valence-corrected chi connectivity index (χ3v) is 4.90. The van der Waals surface area contributed by atoms with Crippen LogP contribution in [-0.4, -0.2) is 10.9 Å². The Balaban J connectivity index is 1.67. The van der Waals surface area contributed by atoms with E-state index in [2.05, 4.69) is 10.3 Å². The first-order valence-electron chi connectivity index (χ1n) is 9.27. The van der Waals surface area contributed by atoms with Crippen LogP contribution in [0.4, 0.5) is 5.69 Å². The Hall–Kier alpha value is -3.40. The third-order valence-electron chi connectivity index (χ3n) is 4.90. The van der Waals surface area contributed by atoms with Gasteiger partial charge in [-0.05, 0) is 74.7 Å². The van der Waals surface area contributed by atoms with Gasteiger partial charge in [-0.3, -0.25) is 4.79 Å². The first-order chi connectivity index (χ1) is 13.4. The summed E-state index contributed by atoms with van der Waals surface area (Å²) < 4.78 is 5.90. The van der Waals surface area contributed by atoms with Crippen LogP contribution in [0.15, 0.2) is 59.0 Å². The van der Waals surface area contributed by atoms with Crippen LogP contribution in [0.3, 0.4) is 0 Å². The molecule has 0 aliphatic heterocycles. The van der Waals surface area contributed by atoms with Gasteiger partial charge in [0.25, 0.3) is 5.91 Å². The van der Waals surface area contributed by atoms with Crippen molar-refractivity contribution < 1.29 is 9.21 Å². The summed E-state index contributed by atoms with van der Waals surface area (Å²) in [6.07, 6.45) is 0. The number of aryl methyl sites for hydroxylation is 4. The fourth-order valence-electron chi connectivity index (χ4n) is 3.31. The Labute approximate surface area is 164 Å². The van der Waals surface area contributed by atoms with E-state index in [1.165, 1.54) is 0 Å². The predicted octanol–water partition coefficient (Wildman–Crippen LogP) is 5.98. The highest BCUT2D eigenvalue weighted by molar-refractivity contribution is 6.06. The quantitative estimate of drug-likeness (QED) is 0.482. The lowest BCUT2D eigenvalue weighted by molar-refractivity contribution is 0.102. The van der Waals surface area contributed by atoms with E-state index >= 15 is 0 Å². The maximum Gasteiger partial charge on any atom is 0.255 e. The lowest BCUT2D eigenvalue weighted by atomic mass is 10.0. The molecule has 0 fully saturated rings. The van der Waals surface area contributed by atoms with Crippen LogP contribution in [-0.2, 0) is 0 Å². The molecule has 1 heterocycles. The number of carbonyl (C=O) groups excluding carboxylic acids is 1. The van der Waals surface area contributed by atoms with E-state index in [0.717, 1.165) is 44.6 Å². The Morgan fingerprint density at radius 1 is 0.857 bits per heavy atom. The van der Waals surface area contributed by atoms with Crippen LogP contribution >= 0.6 is 0 Å². The molecular weight excluding hydrogens is 348 g/mol. The van der Waals surface area contributed by atoms with E-state index in [9.17, 15) is 4.79 Å². The molecule has 1 amide bonds. The molecule has 3 aromatic carbocycles. The Bertz CT molecular complexity index is 1200. The fourth-order valence-corrected chi connectivity index (χ4v) is 3.31. The van der Waals surface area contributed by atoms with Crippen LogP contribution in [0.5, 0.6) is 0 Å². The van der Waals surface area contributed by atoms with Gasteiger partial charge in [0.15, 0.2) is 5.58 Å². The number of aromatic nitrogens is 1. The van der Waals surface area contributed by atoms with Crippen molar-refractivity contribution in [3.05, 3.63) is 82.4 Å². The number of benzene rings is 3. The van der Waals surface area contributed by atoms with Gasteiger partial charge in [0.2, 0.25) is 5.89 Å². The lowest BCUT2D eigenvalue weighted by Crippen LogP contribution is -2.14. The Kier molecular flexibility index (Phi) is 4.47. The molecule has 0 aliphatic carbocycles. The number of nitrogens with zero attached hydrogens (tertiary/aromatic N) is 1. The summed E-state index contributed by atoms with van der Waals surface area (Å²) in [5.41, 5.74) is 8.05. The van der Waals surface area contributed by atoms with E-state index in [4.69, 9.17) is 4.42 Å². The molecule has 0 spiro atoms. The number of fused-ring (bicyclic) bond motifs is 1. The third kappa shape index (κ3) is 3.41. The Morgan fingerprint density at radius 2 is 1.61 bits per heavy atom. The molecule has 1 N–H and O–H groups in total. The molecule has 28 heavy (non-hydrogen) atoms. The van der Waals surface area contributed by atoms with Crippen LogP contribution in [0.1, 0.15) is 32.6 Å². The summed E-state index contributed by atoms with van der Waals surface area (Å²) in [4.78, 5) is 17.4. The van der Waals surface area contributed by atoms with Crippen molar-refractivity contribution in [1.82, 2.24) is 4.98 Å². The summed E-state index contributed by atoms with van der Waals surface area (Å²) in [7, 11) is 0. The van der Waals surface area contributed by atoms with Gasteiger partial charge in [-0.1, -0.05) is 29.8 Å². The first-order valence-corrected chi connectivity index (χ1v) is 9.27. The van der Waals surface area contributed by atoms with Gasteiger partial charge in [0.05, 0.1) is 0 Å². The average Bonchev–Trinajstić information content (AvgIpc) is 3.06. The molecule has 0 radical (unpaired) electrons. The van der Waals surface area contributed by atoms with Crippen molar-refractivity contribution in [2.45, 2.75) is 27.7 Å². The van der Waals surface area contributed by atoms with Gasteiger partial charge in [0.1, 0.15) is 5.52 Å². The zero-order valence-electron chi connectivity index (χ0n) is 16.5. The van der Waals surface area contributed by atoms with Crippen molar-refractivity contribution >= 4 is 22.7 Å². The molecule has 0 saturated carbocycles. The molecule has 4 heteroatoms. The minimum absolute atomic E-state index is 0.120. The molecular formula is C24H22N2O2. The fraction of sp³-hybridized carbons (Fsp3) is 0.167. The van der Waals surface area contributed by atoms with E-state index < -0.39 is 0 Å². The summed E-state index contributed by atoms with van der Waals surface area (Å²) in [6, 6.07) is 17.6. The van der Waals surface area contributed by atoms with E-state index in [0.29, 0.717) is 11.5 Å². The average molecular weight is 370 g/mol. The van der Waals surface area contributed by atoms with Gasteiger partial charge in [0, 0.05) is 16.8 Å². The molecule has 0 saturated heterocycles. The summed E-state index contributed by atoms with van der Waals surface area (Å²) in [5.74, 6) is 0.425. The molecule has 0 atom stereocenters. The smallest absolute Gasteiger partial charge is 0.255 e. The first kappa shape index (κ1) is 18.0. The lowest BCUT2D eigenvalue weighted by Gasteiger charge is -2.11. The molecule has 4 rings (SSSR count). The summed E-state index contributed by atoms with van der Waals surface area (Å²) in [6.45, 7) is 7.97. The van der Waals surface area contributed by atoms with Crippen molar-refractivity contribution in [2.24, 2.45) is 0 Å². The van der Waals surface area contributed by atoms with Gasteiger partial charge < -0.3 is 9.73 Å². The summed E-state index contributed by atoms with van der Waals surface area (Å²) in [5, 5.41) is 3.03. The molecule has 4 nitrogen and oxygen atoms in total. The van der Waals surface area contributed by atoms with Crippen molar-refractivity contribution in [2.75, 3.05) is 5.32 Å². The largest absolute Gasteiger partial charge is 0.436 e. The number of amides is 1. The van der Waals surface area contributed by atoms with Gasteiger partial charge in [-0.15, -0.1) is 0 Å². The maximum atomic E-state index is 12.8. The number of rotatable bonds is 3. The number of hydrogen-bond acceptors (Lipinski definition) is 3. The number of hydrogen-bond donors (Lipinski definition) is 1. The van der Waals surface area contributed by atoms with Gasteiger partial charge in [-0.2, -0.15) is 0 Å².